The average Bonchev–Trinajstić information content (AvgIpc) is 2.81. The highest BCUT2D eigenvalue weighted by Crippen LogP contribution is 2.30. The third-order valence-electron chi connectivity index (χ3n) is 6.02. The van der Waals surface area contributed by atoms with Crippen molar-refractivity contribution in [2.45, 2.75) is 13.8 Å². The first-order valence-corrected chi connectivity index (χ1v) is 10.4. The summed E-state index contributed by atoms with van der Waals surface area (Å²) in [6.07, 6.45) is 3.58. The molecule has 1 saturated heterocycles. The second kappa shape index (κ2) is 7.75. The van der Waals surface area contributed by atoms with Crippen molar-refractivity contribution in [1.82, 2.24) is 15.0 Å². The molecule has 5 heteroatoms. The molecule has 4 aromatic rings. The zero-order valence-corrected chi connectivity index (χ0v) is 17.4. The molecule has 5 rings (SSSR count). The molecule has 1 aliphatic rings. The van der Waals surface area contributed by atoms with Crippen LogP contribution in [0.1, 0.15) is 11.1 Å². The van der Waals surface area contributed by atoms with Crippen LogP contribution < -0.4 is 9.80 Å². The minimum atomic E-state index is 0.753. The van der Waals surface area contributed by atoms with Gasteiger partial charge in [-0.1, -0.05) is 24.3 Å². The van der Waals surface area contributed by atoms with Crippen LogP contribution in [0, 0.1) is 13.8 Å². The quantitative estimate of drug-likeness (QED) is 0.506. The third-order valence-corrected chi connectivity index (χ3v) is 6.02. The molecule has 0 saturated carbocycles. The van der Waals surface area contributed by atoms with Crippen LogP contribution in [0.2, 0.25) is 0 Å². The van der Waals surface area contributed by atoms with Crippen molar-refractivity contribution in [2.24, 2.45) is 0 Å². The van der Waals surface area contributed by atoms with Gasteiger partial charge in [-0.15, -0.1) is 0 Å². The van der Waals surface area contributed by atoms with Crippen LogP contribution in [0.25, 0.3) is 22.3 Å². The van der Waals surface area contributed by atoms with E-state index in [1.165, 1.54) is 16.8 Å². The van der Waals surface area contributed by atoms with E-state index in [2.05, 4.69) is 65.0 Å². The highest BCUT2D eigenvalue weighted by molar-refractivity contribution is 5.91. The summed E-state index contributed by atoms with van der Waals surface area (Å²) >= 11 is 0. The average molecular weight is 396 g/mol. The van der Waals surface area contributed by atoms with Crippen molar-refractivity contribution >= 4 is 22.4 Å². The number of hydrogen-bond acceptors (Lipinski definition) is 5. The fraction of sp³-hybridized carbons (Fsp3) is 0.240. The lowest BCUT2D eigenvalue weighted by Gasteiger charge is -2.38. The van der Waals surface area contributed by atoms with Crippen molar-refractivity contribution in [2.75, 3.05) is 36.0 Å². The Hall–Kier alpha value is -3.47. The van der Waals surface area contributed by atoms with Crippen molar-refractivity contribution in [3.8, 4) is 11.4 Å². The van der Waals surface area contributed by atoms with Gasteiger partial charge >= 0.3 is 0 Å². The van der Waals surface area contributed by atoms with Gasteiger partial charge in [-0.3, -0.25) is 4.98 Å². The Morgan fingerprint density at radius 2 is 1.47 bits per heavy atom. The first-order chi connectivity index (χ1) is 14.7. The first-order valence-electron chi connectivity index (χ1n) is 10.4. The number of piperazine rings is 1. The number of aryl methyl sites for hydroxylation is 1. The predicted octanol–water partition coefficient (Wildman–Crippen LogP) is 4.64. The second-order valence-electron chi connectivity index (χ2n) is 7.82. The topological polar surface area (TPSA) is 45.2 Å². The molecular formula is C25H25N5. The molecule has 0 N–H and O–H groups in total. The summed E-state index contributed by atoms with van der Waals surface area (Å²) in [5.41, 5.74) is 6.04. The molecule has 2 aromatic heterocycles. The van der Waals surface area contributed by atoms with E-state index < -0.39 is 0 Å². The molecular weight excluding hydrogens is 370 g/mol. The second-order valence-corrected chi connectivity index (χ2v) is 7.82. The maximum absolute atomic E-state index is 4.99. The molecule has 0 unspecified atom stereocenters. The van der Waals surface area contributed by atoms with Crippen LogP contribution in [-0.2, 0) is 0 Å². The van der Waals surface area contributed by atoms with Gasteiger partial charge in [0.15, 0.2) is 5.82 Å². The van der Waals surface area contributed by atoms with E-state index in [1.54, 1.807) is 12.4 Å². The number of rotatable bonds is 3. The summed E-state index contributed by atoms with van der Waals surface area (Å²) in [5.74, 6) is 1.77. The fourth-order valence-corrected chi connectivity index (χ4v) is 4.17. The van der Waals surface area contributed by atoms with E-state index in [4.69, 9.17) is 9.97 Å². The standard InChI is InChI=1S/C25H25N5/c1-18-6-5-9-23(19(18)2)29-14-16-30(17-15-29)25-21-7-3-4-8-22(21)27-24(28-25)20-10-12-26-13-11-20/h3-13H,14-17H2,1-2H3. The predicted molar refractivity (Wildman–Crippen MR) is 123 cm³/mol. The number of anilines is 2. The highest BCUT2D eigenvalue weighted by Gasteiger charge is 2.22. The Kier molecular flexibility index (Phi) is 4.79. The Bertz CT molecular complexity index is 1180. The maximum atomic E-state index is 4.99. The summed E-state index contributed by atoms with van der Waals surface area (Å²) in [7, 11) is 0. The lowest BCUT2D eigenvalue weighted by Crippen LogP contribution is -2.47. The number of fused-ring (bicyclic) bond motifs is 1. The maximum Gasteiger partial charge on any atom is 0.162 e. The van der Waals surface area contributed by atoms with Crippen molar-refractivity contribution in [1.29, 1.82) is 0 Å². The van der Waals surface area contributed by atoms with E-state index >= 15 is 0 Å². The van der Waals surface area contributed by atoms with Crippen molar-refractivity contribution in [3.63, 3.8) is 0 Å². The van der Waals surface area contributed by atoms with Gasteiger partial charge in [-0.25, -0.2) is 9.97 Å². The number of aromatic nitrogens is 3. The third kappa shape index (κ3) is 3.36. The van der Waals surface area contributed by atoms with Crippen molar-refractivity contribution in [3.05, 3.63) is 78.1 Å². The summed E-state index contributed by atoms with van der Waals surface area (Å²) in [6.45, 7) is 8.23. The molecule has 1 fully saturated rings. The Labute approximate surface area is 177 Å². The Morgan fingerprint density at radius 1 is 0.733 bits per heavy atom. The molecule has 0 amide bonds. The molecule has 0 bridgehead atoms. The molecule has 0 aliphatic carbocycles. The molecule has 1 aliphatic heterocycles. The lowest BCUT2D eigenvalue weighted by molar-refractivity contribution is 0.648. The lowest BCUT2D eigenvalue weighted by atomic mass is 10.1. The molecule has 0 atom stereocenters. The van der Waals surface area contributed by atoms with Crippen LogP contribution >= 0.6 is 0 Å². The largest absolute Gasteiger partial charge is 0.368 e. The minimum absolute atomic E-state index is 0.753. The molecule has 2 aromatic carbocycles. The summed E-state index contributed by atoms with van der Waals surface area (Å²) in [5, 5.41) is 1.11. The first kappa shape index (κ1) is 18.6. The smallest absolute Gasteiger partial charge is 0.162 e. The summed E-state index contributed by atoms with van der Waals surface area (Å²) < 4.78 is 0. The molecule has 0 radical (unpaired) electrons. The zero-order valence-electron chi connectivity index (χ0n) is 17.4. The molecule has 0 spiro atoms. The number of benzene rings is 2. The SMILES string of the molecule is Cc1cccc(N2CCN(c3nc(-c4ccncc4)nc4ccccc34)CC2)c1C. The minimum Gasteiger partial charge on any atom is -0.368 e. The molecule has 150 valence electrons. The van der Waals surface area contributed by atoms with E-state index in [-0.39, 0.29) is 0 Å². The van der Waals surface area contributed by atoms with Gasteiger partial charge < -0.3 is 9.80 Å². The van der Waals surface area contributed by atoms with Gasteiger partial charge in [0.25, 0.3) is 0 Å². The summed E-state index contributed by atoms with van der Waals surface area (Å²) in [6, 6.07) is 18.8. The number of nitrogens with zero attached hydrogens (tertiary/aromatic N) is 5. The zero-order chi connectivity index (χ0) is 20.5. The highest BCUT2D eigenvalue weighted by atomic mass is 15.3. The van der Waals surface area contributed by atoms with E-state index in [0.717, 1.165) is 54.3 Å². The van der Waals surface area contributed by atoms with Crippen LogP contribution in [0.3, 0.4) is 0 Å². The van der Waals surface area contributed by atoms with Gasteiger partial charge in [-0.2, -0.15) is 0 Å². The van der Waals surface area contributed by atoms with Gasteiger partial charge in [0, 0.05) is 55.2 Å². The van der Waals surface area contributed by atoms with Gasteiger partial charge in [0.2, 0.25) is 0 Å². The van der Waals surface area contributed by atoms with Gasteiger partial charge in [0.1, 0.15) is 5.82 Å². The fourth-order valence-electron chi connectivity index (χ4n) is 4.17. The van der Waals surface area contributed by atoms with Crippen LogP contribution in [0.5, 0.6) is 0 Å². The van der Waals surface area contributed by atoms with Crippen molar-refractivity contribution < 1.29 is 0 Å². The van der Waals surface area contributed by atoms with E-state index in [9.17, 15) is 0 Å². The Balaban J connectivity index is 1.47. The van der Waals surface area contributed by atoms with Gasteiger partial charge in [0.05, 0.1) is 5.52 Å². The molecule has 5 nitrogen and oxygen atoms in total. The summed E-state index contributed by atoms with van der Waals surface area (Å²) in [4.78, 5) is 18.8. The number of para-hydroxylation sites is 1. The number of pyridine rings is 1. The van der Waals surface area contributed by atoms with Crippen LogP contribution in [0.15, 0.2) is 67.0 Å². The van der Waals surface area contributed by atoms with Crippen LogP contribution in [-0.4, -0.2) is 41.1 Å². The van der Waals surface area contributed by atoms with E-state index in [1.807, 2.05) is 18.2 Å². The molecule has 3 heterocycles. The number of hydrogen-bond donors (Lipinski definition) is 0. The normalized spacial score (nSPS) is 14.3. The monoisotopic (exact) mass is 395 g/mol. The Morgan fingerprint density at radius 3 is 2.27 bits per heavy atom. The van der Waals surface area contributed by atoms with Gasteiger partial charge in [-0.05, 0) is 55.3 Å². The molecule has 30 heavy (non-hydrogen) atoms. The van der Waals surface area contributed by atoms with Crippen LogP contribution in [0.4, 0.5) is 11.5 Å². The van der Waals surface area contributed by atoms with E-state index in [0.29, 0.717) is 0 Å².